The van der Waals surface area contributed by atoms with Crippen LogP contribution in [0.1, 0.15) is 38.3 Å². The van der Waals surface area contributed by atoms with Crippen LogP contribution >= 0.6 is 12.4 Å². The molecule has 0 aliphatic rings. The average Bonchev–Trinajstić information content (AvgIpc) is 2.56. The summed E-state index contributed by atoms with van der Waals surface area (Å²) in [6, 6.07) is 5.74. The Morgan fingerprint density at radius 2 is 1.88 bits per heavy atom. The number of hydrogen-bond acceptors (Lipinski definition) is 4. The van der Waals surface area contributed by atoms with Gasteiger partial charge in [-0.1, -0.05) is 20.8 Å². The van der Waals surface area contributed by atoms with Gasteiger partial charge in [-0.05, 0) is 50.6 Å². The molecule has 0 atom stereocenters. The van der Waals surface area contributed by atoms with E-state index in [1.165, 1.54) is 0 Å². The molecule has 0 unspecified atom stereocenters. The predicted molar refractivity (Wildman–Crippen MR) is 102 cm³/mol. The molecular weight excluding hydrogens is 326 g/mol. The molecule has 0 N–H and O–H groups in total. The minimum Gasteiger partial charge on any atom is -0.493 e. The van der Waals surface area contributed by atoms with Gasteiger partial charge in [0.2, 0.25) is 0 Å². The van der Waals surface area contributed by atoms with Gasteiger partial charge in [-0.15, -0.1) is 12.4 Å². The van der Waals surface area contributed by atoms with E-state index in [-0.39, 0.29) is 18.0 Å². The second kappa shape index (κ2) is 9.70. The molecule has 5 heteroatoms. The monoisotopic (exact) mass is 353 g/mol. The van der Waals surface area contributed by atoms with E-state index in [1.807, 2.05) is 25.1 Å². The first-order valence-corrected chi connectivity index (χ1v) is 8.52. The second-order valence-electron chi connectivity index (χ2n) is 5.78. The van der Waals surface area contributed by atoms with Crippen LogP contribution in [-0.2, 0) is 6.42 Å². The van der Waals surface area contributed by atoms with Gasteiger partial charge in [-0.3, -0.25) is 0 Å². The van der Waals surface area contributed by atoms with Gasteiger partial charge in [-0.25, -0.2) is 4.79 Å². The second-order valence-corrected chi connectivity index (χ2v) is 5.78. The first kappa shape index (κ1) is 20.5. The quantitative estimate of drug-likeness (QED) is 0.667. The summed E-state index contributed by atoms with van der Waals surface area (Å²) in [4.78, 5) is 14.7. The highest BCUT2D eigenvalue weighted by Crippen LogP contribution is 2.24. The van der Waals surface area contributed by atoms with E-state index in [4.69, 9.17) is 9.15 Å². The van der Waals surface area contributed by atoms with E-state index in [2.05, 4.69) is 25.7 Å². The van der Waals surface area contributed by atoms with Gasteiger partial charge in [0.25, 0.3) is 0 Å². The van der Waals surface area contributed by atoms with Crippen LogP contribution in [-0.4, -0.2) is 31.1 Å². The summed E-state index contributed by atoms with van der Waals surface area (Å²) in [5.74, 6) is 0.748. The van der Waals surface area contributed by atoms with Crippen molar-refractivity contribution in [3.8, 4) is 5.75 Å². The summed E-state index contributed by atoms with van der Waals surface area (Å²) in [6.07, 6.45) is 1.67. The average molecular weight is 354 g/mol. The molecule has 4 nitrogen and oxygen atoms in total. The standard InChI is InChI=1S/C19H27NO3.ClH/c1-5-12-22-15-8-9-16-14(4)17(10-11-20(6-2)7-3)19(21)23-18(16)13-15;/h8-9,13H,5-7,10-12H2,1-4H3;1H. The Hall–Kier alpha value is -1.52. The third-order valence-corrected chi connectivity index (χ3v) is 4.30. The van der Waals surface area contributed by atoms with E-state index < -0.39 is 0 Å². The molecular formula is C19H28ClNO3. The third kappa shape index (κ3) is 4.74. The van der Waals surface area contributed by atoms with Crippen molar-refractivity contribution in [3.63, 3.8) is 0 Å². The molecule has 1 heterocycles. The minimum absolute atomic E-state index is 0. The van der Waals surface area contributed by atoms with Gasteiger partial charge in [0.1, 0.15) is 11.3 Å². The fraction of sp³-hybridized carbons (Fsp3) is 0.526. The van der Waals surface area contributed by atoms with Gasteiger partial charge in [0, 0.05) is 23.6 Å². The zero-order valence-electron chi connectivity index (χ0n) is 15.1. The summed E-state index contributed by atoms with van der Waals surface area (Å²) in [5.41, 5.74) is 2.18. The molecule has 2 rings (SSSR count). The van der Waals surface area contributed by atoms with Gasteiger partial charge >= 0.3 is 5.63 Å². The van der Waals surface area contributed by atoms with Crippen molar-refractivity contribution in [2.24, 2.45) is 0 Å². The molecule has 0 amide bonds. The topological polar surface area (TPSA) is 42.7 Å². The van der Waals surface area contributed by atoms with Crippen molar-refractivity contribution in [2.75, 3.05) is 26.2 Å². The van der Waals surface area contributed by atoms with E-state index >= 15 is 0 Å². The molecule has 1 aromatic heterocycles. The van der Waals surface area contributed by atoms with Crippen LogP contribution in [0.25, 0.3) is 11.0 Å². The van der Waals surface area contributed by atoms with Crippen molar-refractivity contribution in [1.29, 1.82) is 0 Å². The Labute approximate surface area is 150 Å². The van der Waals surface area contributed by atoms with Crippen LogP contribution in [0.4, 0.5) is 0 Å². The first-order chi connectivity index (χ1) is 11.1. The number of likely N-dealkylation sites (N-methyl/N-ethyl adjacent to an activating group) is 1. The van der Waals surface area contributed by atoms with Crippen LogP contribution in [0, 0.1) is 6.92 Å². The van der Waals surface area contributed by atoms with Crippen LogP contribution < -0.4 is 10.4 Å². The van der Waals surface area contributed by atoms with Crippen molar-refractivity contribution in [2.45, 2.75) is 40.5 Å². The fourth-order valence-electron chi connectivity index (χ4n) is 2.78. The highest BCUT2D eigenvalue weighted by atomic mass is 35.5. The van der Waals surface area contributed by atoms with Crippen molar-refractivity contribution in [1.82, 2.24) is 4.90 Å². The lowest BCUT2D eigenvalue weighted by atomic mass is 10.0. The summed E-state index contributed by atoms with van der Waals surface area (Å²) in [5, 5.41) is 0.989. The Balaban J connectivity index is 0.00000288. The third-order valence-electron chi connectivity index (χ3n) is 4.30. The summed E-state index contributed by atoms with van der Waals surface area (Å²) in [6.45, 7) is 11.9. The number of halogens is 1. The SMILES string of the molecule is CCCOc1ccc2c(C)c(CCN(CC)CC)c(=O)oc2c1.Cl. The molecule has 0 fully saturated rings. The van der Waals surface area contributed by atoms with E-state index in [0.717, 1.165) is 54.7 Å². The maximum atomic E-state index is 12.3. The molecule has 0 bridgehead atoms. The highest BCUT2D eigenvalue weighted by molar-refractivity contribution is 5.85. The molecule has 0 saturated carbocycles. The van der Waals surface area contributed by atoms with Gasteiger partial charge in [0.05, 0.1) is 6.61 Å². The maximum Gasteiger partial charge on any atom is 0.339 e. The zero-order valence-corrected chi connectivity index (χ0v) is 15.9. The number of ether oxygens (including phenoxy) is 1. The lowest BCUT2D eigenvalue weighted by Crippen LogP contribution is -2.27. The maximum absolute atomic E-state index is 12.3. The van der Waals surface area contributed by atoms with Gasteiger partial charge in [-0.2, -0.15) is 0 Å². The minimum atomic E-state index is -0.227. The molecule has 24 heavy (non-hydrogen) atoms. The van der Waals surface area contributed by atoms with Gasteiger partial charge in [0.15, 0.2) is 0 Å². The van der Waals surface area contributed by atoms with E-state index in [1.54, 1.807) is 0 Å². The number of fused-ring (bicyclic) bond motifs is 1. The zero-order chi connectivity index (χ0) is 16.8. The summed E-state index contributed by atoms with van der Waals surface area (Å²) in [7, 11) is 0. The molecule has 134 valence electrons. The Bertz CT molecular complexity index is 708. The highest BCUT2D eigenvalue weighted by Gasteiger charge is 2.13. The lowest BCUT2D eigenvalue weighted by Gasteiger charge is -2.18. The molecule has 0 saturated heterocycles. The molecule has 0 aliphatic carbocycles. The van der Waals surface area contributed by atoms with Crippen molar-refractivity contribution < 1.29 is 9.15 Å². The van der Waals surface area contributed by atoms with Crippen LogP contribution in [0.2, 0.25) is 0 Å². The van der Waals surface area contributed by atoms with Crippen molar-refractivity contribution >= 4 is 23.4 Å². The lowest BCUT2D eigenvalue weighted by molar-refractivity contribution is 0.306. The first-order valence-electron chi connectivity index (χ1n) is 8.52. The Morgan fingerprint density at radius 1 is 1.17 bits per heavy atom. The number of nitrogens with zero attached hydrogens (tertiary/aromatic N) is 1. The fourth-order valence-corrected chi connectivity index (χ4v) is 2.78. The number of rotatable bonds is 8. The molecule has 0 spiro atoms. The molecule has 0 radical (unpaired) electrons. The number of benzene rings is 1. The Kier molecular flexibility index (Phi) is 8.29. The smallest absolute Gasteiger partial charge is 0.339 e. The summed E-state index contributed by atoms with van der Waals surface area (Å²) >= 11 is 0. The van der Waals surface area contributed by atoms with E-state index in [9.17, 15) is 4.79 Å². The van der Waals surface area contributed by atoms with E-state index in [0.29, 0.717) is 12.2 Å². The molecule has 2 aromatic rings. The number of aryl methyl sites for hydroxylation is 1. The van der Waals surface area contributed by atoms with Crippen LogP contribution in [0.15, 0.2) is 27.4 Å². The van der Waals surface area contributed by atoms with Gasteiger partial charge < -0.3 is 14.1 Å². The molecule has 0 aliphatic heterocycles. The number of hydrogen-bond donors (Lipinski definition) is 0. The Morgan fingerprint density at radius 3 is 2.50 bits per heavy atom. The predicted octanol–water partition coefficient (Wildman–Crippen LogP) is 4.20. The molecule has 1 aromatic carbocycles. The van der Waals surface area contributed by atoms with Crippen LogP contribution in [0.3, 0.4) is 0 Å². The summed E-state index contributed by atoms with van der Waals surface area (Å²) < 4.78 is 11.2. The largest absolute Gasteiger partial charge is 0.493 e. The van der Waals surface area contributed by atoms with Crippen LogP contribution in [0.5, 0.6) is 5.75 Å². The van der Waals surface area contributed by atoms with Crippen molar-refractivity contribution in [3.05, 3.63) is 39.7 Å². The normalized spacial score (nSPS) is 10.9.